The van der Waals surface area contributed by atoms with Gasteiger partial charge in [-0.25, -0.2) is 4.79 Å². The summed E-state index contributed by atoms with van der Waals surface area (Å²) in [4.78, 5) is 22.8. The van der Waals surface area contributed by atoms with Crippen molar-refractivity contribution in [3.05, 3.63) is 35.4 Å². The van der Waals surface area contributed by atoms with Crippen LogP contribution in [0.3, 0.4) is 0 Å². The number of nitrogens with one attached hydrogen (secondary N) is 1. The lowest BCUT2D eigenvalue weighted by molar-refractivity contribution is -0.131. The quantitative estimate of drug-likeness (QED) is 0.814. The Balaban J connectivity index is 2.17. The molecule has 1 aromatic rings. The zero-order chi connectivity index (χ0) is 15.2. The van der Waals surface area contributed by atoms with Gasteiger partial charge in [-0.3, -0.25) is 4.79 Å². The molecule has 1 saturated heterocycles. The van der Waals surface area contributed by atoms with Crippen LogP contribution in [-0.2, 0) is 4.79 Å². The van der Waals surface area contributed by atoms with Crippen LogP contribution in [0, 0.1) is 0 Å². The predicted molar refractivity (Wildman–Crippen MR) is 82.9 cm³/mol. The molecular formula is C15H17NO4S. The smallest absolute Gasteiger partial charge is 0.328 e. The number of hydrogen-bond acceptors (Lipinski definition) is 4. The molecule has 1 aliphatic rings. The molecule has 1 aliphatic heterocycles. The topological polar surface area (TPSA) is 75.6 Å². The number of hydrogen-bond donors (Lipinski definition) is 2. The van der Waals surface area contributed by atoms with E-state index in [4.69, 9.17) is 9.84 Å². The molecule has 1 fully saturated rings. The summed E-state index contributed by atoms with van der Waals surface area (Å²) in [6, 6.07) is 5.19. The van der Waals surface area contributed by atoms with Crippen LogP contribution in [0.5, 0.6) is 5.75 Å². The Bertz CT molecular complexity index is 565. The summed E-state index contributed by atoms with van der Waals surface area (Å²) in [6.45, 7) is 0. The number of methoxy groups -OCH3 is 1. The van der Waals surface area contributed by atoms with Gasteiger partial charge in [-0.2, -0.15) is 11.8 Å². The first-order chi connectivity index (χ1) is 10.1. The summed E-state index contributed by atoms with van der Waals surface area (Å²) in [5.41, 5.74) is 1.06. The first-order valence-electron chi connectivity index (χ1n) is 6.58. The van der Waals surface area contributed by atoms with Crippen LogP contribution < -0.4 is 10.1 Å². The number of benzene rings is 1. The fourth-order valence-corrected chi connectivity index (χ4v) is 3.24. The second-order valence-corrected chi connectivity index (χ2v) is 5.81. The number of carboxylic acid groups (broad SMARTS) is 1. The summed E-state index contributed by atoms with van der Waals surface area (Å²) >= 11 is 1.83. The number of rotatable bonds is 5. The van der Waals surface area contributed by atoms with E-state index in [0.29, 0.717) is 16.9 Å². The van der Waals surface area contributed by atoms with Crippen molar-refractivity contribution in [2.75, 3.05) is 18.6 Å². The highest BCUT2D eigenvalue weighted by molar-refractivity contribution is 7.99. The lowest BCUT2D eigenvalue weighted by atomic mass is 10.1. The average molecular weight is 307 g/mol. The molecule has 0 spiro atoms. The molecule has 112 valence electrons. The van der Waals surface area contributed by atoms with E-state index < -0.39 is 5.97 Å². The Labute approximate surface area is 127 Å². The first kappa shape index (κ1) is 15.4. The third kappa shape index (κ3) is 4.26. The van der Waals surface area contributed by atoms with E-state index >= 15 is 0 Å². The number of carboxylic acids is 1. The third-order valence-corrected chi connectivity index (χ3v) is 4.32. The summed E-state index contributed by atoms with van der Waals surface area (Å²) in [6.07, 6.45) is 3.43. The van der Waals surface area contributed by atoms with Gasteiger partial charge in [0.25, 0.3) is 5.91 Å². The van der Waals surface area contributed by atoms with Crippen LogP contribution >= 0.6 is 11.8 Å². The Morgan fingerprint density at radius 1 is 1.48 bits per heavy atom. The van der Waals surface area contributed by atoms with Crippen molar-refractivity contribution in [2.45, 2.75) is 12.5 Å². The number of ether oxygens (including phenoxy) is 1. The molecule has 0 radical (unpaired) electrons. The van der Waals surface area contributed by atoms with Gasteiger partial charge in [0.05, 0.1) is 7.11 Å². The van der Waals surface area contributed by atoms with Gasteiger partial charge in [-0.1, -0.05) is 0 Å². The molecule has 1 amide bonds. The predicted octanol–water partition coefficient (Wildman–Crippen LogP) is 2.03. The lowest BCUT2D eigenvalue weighted by Gasteiger charge is -2.12. The average Bonchev–Trinajstić information content (AvgIpc) is 2.97. The van der Waals surface area contributed by atoms with Crippen molar-refractivity contribution in [3.63, 3.8) is 0 Å². The normalized spacial score (nSPS) is 17.9. The van der Waals surface area contributed by atoms with E-state index in [0.717, 1.165) is 24.0 Å². The van der Waals surface area contributed by atoms with Gasteiger partial charge in [0.15, 0.2) is 0 Å². The van der Waals surface area contributed by atoms with E-state index in [1.54, 1.807) is 18.2 Å². The number of thioether (sulfide) groups is 1. The highest BCUT2D eigenvalue weighted by Gasteiger charge is 2.18. The van der Waals surface area contributed by atoms with E-state index in [-0.39, 0.29) is 11.9 Å². The van der Waals surface area contributed by atoms with Crippen molar-refractivity contribution in [1.29, 1.82) is 0 Å². The summed E-state index contributed by atoms with van der Waals surface area (Å²) < 4.78 is 5.17. The van der Waals surface area contributed by atoms with Gasteiger partial charge in [0, 0.05) is 29.0 Å². The number of carbonyl (C=O) groups excluding carboxylic acids is 1. The largest absolute Gasteiger partial charge is 0.496 e. The van der Waals surface area contributed by atoms with E-state index in [1.807, 2.05) is 11.8 Å². The Morgan fingerprint density at radius 3 is 2.90 bits per heavy atom. The van der Waals surface area contributed by atoms with Crippen molar-refractivity contribution in [3.8, 4) is 5.75 Å². The standard InChI is InChI=1S/C15H17NO4S/c1-20-13-4-2-11(8-10(13)3-5-14(17)18)15(19)16-12-6-7-21-9-12/h2-5,8,12H,6-7,9H2,1H3,(H,16,19)(H,17,18)/b5-3+. The van der Waals surface area contributed by atoms with Crippen LogP contribution in [0.25, 0.3) is 6.08 Å². The van der Waals surface area contributed by atoms with Gasteiger partial charge in [0.1, 0.15) is 5.75 Å². The maximum atomic E-state index is 12.2. The van der Waals surface area contributed by atoms with E-state index in [1.165, 1.54) is 13.2 Å². The first-order valence-corrected chi connectivity index (χ1v) is 7.73. The minimum atomic E-state index is -1.05. The molecule has 2 rings (SSSR count). The molecule has 6 heteroatoms. The molecule has 1 atom stereocenters. The maximum Gasteiger partial charge on any atom is 0.328 e. The Kier molecular flexibility index (Phi) is 5.27. The molecule has 5 nitrogen and oxygen atoms in total. The van der Waals surface area contributed by atoms with Crippen LogP contribution in [0.4, 0.5) is 0 Å². The van der Waals surface area contributed by atoms with E-state index in [2.05, 4.69) is 5.32 Å². The molecule has 0 bridgehead atoms. The number of carbonyl (C=O) groups is 2. The van der Waals surface area contributed by atoms with Crippen molar-refractivity contribution in [1.82, 2.24) is 5.32 Å². The maximum absolute atomic E-state index is 12.2. The van der Waals surface area contributed by atoms with Gasteiger partial charge in [0.2, 0.25) is 0 Å². The summed E-state index contributed by atoms with van der Waals surface area (Å²) in [5, 5.41) is 11.7. The van der Waals surface area contributed by atoms with Crippen molar-refractivity contribution in [2.24, 2.45) is 0 Å². The lowest BCUT2D eigenvalue weighted by Crippen LogP contribution is -2.34. The molecule has 0 aliphatic carbocycles. The highest BCUT2D eigenvalue weighted by Crippen LogP contribution is 2.22. The number of aliphatic carboxylic acids is 1. The molecule has 1 unspecified atom stereocenters. The molecule has 2 N–H and O–H groups in total. The second kappa shape index (κ2) is 7.17. The minimum absolute atomic E-state index is 0.143. The van der Waals surface area contributed by atoms with Crippen molar-refractivity contribution >= 4 is 29.7 Å². The van der Waals surface area contributed by atoms with Gasteiger partial charge >= 0.3 is 5.97 Å². The van der Waals surface area contributed by atoms with Gasteiger partial charge in [-0.15, -0.1) is 0 Å². The molecular weight excluding hydrogens is 290 g/mol. The highest BCUT2D eigenvalue weighted by atomic mass is 32.2. The van der Waals surface area contributed by atoms with Crippen LogP contribution in [0.1, 0.15) is 22.3 Å². The Morgan fingerprint density at radius 2 is 2.29 bits per heavy atom. The van der Waals surface area contributed by atoms with Crippen LogP contribution in [0.2, 0.25) is 0 Å². The SMILES string of the molecule is COc1ccc(C(=O)NC2CCSC2)cc1/C=C/C(=O)O. The minimum Gasteiger partial charge on any atom is -0.496 e. The van der Waals surface area contributed by atoms with Crippen LogP contribution in [0.15, 0.2) is 24.3 Å². The Hall–Kier alpha value is -1.95. The van der Waals surface area contributed by atoms with Gasteiger partial charge < -0.3 is 15.2 Å². The van der Waals surface area contributed by atoms with Gasteiger partial charge in [-0.05, 0) is 36.4 Å². The summed E-state index contributed by atoms with van der Waals surface area (Å²) in [5.74, 6) is 1.35. The zero-order valence-corrected chi connectivity index (χ0v) is 12.5. The van der Waals surface area contributed by atoms with E-state index in [9.17, 15) is 9.59 Å². The fourth-order valence-electron chi connectivity index (χ4n) is 2.08. The third-order valence-electron chi connectivity index (χ3n) is 3.16. The van der Waals surface area contributed by atoms with Crippen molar-refractivity contribution < 1.29 is 19.4 Å². The molecule has 0 aromatic heterocycles. The number of amides is 1. The fraction of sp³-hybridized carbons (Fsp3) is 0.333. The molecule has 21 heavy (non-hydrogen) atoms. The summed E-state index contributed by atoms with van der Waals surface area (Å²) in [7, 11) is 1.50. The molecule has 1 heterocycles. The molecule has 0 saturated carbocycles. The second-order valence-electron chi connectivity index (χ2n) is 4.66. The molecule has 1 aromatic carbocycles. The zero-order valence-electron chi connectivity index (χ0n) is 11.7. The monoisotopic (exact) mass is 307 g/mol. The van der Waals surface area contributed by atoms with Crippen LogP contribution in [-0.4, -0.2) is 41.6 Å².